The second kappa shape index (κ2) is 6.18. The first kappa shape index (κ1) is 12.6. The lowest BCUT2D eigenvalue weighted by Gasteiger charge is -2.16. The highest BCUT2D eigenvalue weighted by molar-refractivity contribution is 5.84. The Balaban J connectivity index is 2.34. The zero-order valence-corrected chi connectivity index (χ0v) is 10.9. The van der Waals surface area contributed by atoms with Crippen molar-refractivity contribution in [3.63, 3.8) is 0 Å². The number of fused-ring (bicyclic) bond motifs is 1. The Morgan fingerprint density at radius 3 is 2.89 bits per heavy atom. The second-order valence-electron chi connectivity index (χ2n) is 4.22. The van der Waals surface area contributed by atoms with Gasteiger partial charge in [0.05, 0.1) is 11.7 Å². The molecule has 1 aromatic heterocycles. The van der Waals surface area contributed by atoms with E-state index in [1.54, 1.807) is 0 Å². The van der Waals surface area contributed by atoms with Crippen LogP contribution < -0.4 is 5.32 Å². The number of aromatic nitrogens is 1. The monoisotopic (exact) mass is 238 g/mol. The largest absolute Gasteiger partial charge is 0.312 e. The molecule has 0 fully saturated rings. The van der Waals surface area contributed by atoms with Gasteiger partial charge >= 0.3 is 0 Å². The van der Waals surface area contributed by atoms with Crippen LogP contribution in [0.15, 0.2) is 36.5 Å². The van der Waals surface area contributed by atoms with Gasteiger partial charge in [0, 0.05) is 18.0 Å². The van der Waals surface area contributed by atoms with Crippen molar-refractivity contribution < 1.29 is 0 Å². The Morgan fingerprint density at radius 1 is 1.28 bits per heavy atom. The van der Waals surface area contributed by atoms with Crippen LogP contribution in [0.4, 0.5) is 0 Å². The minimum atomic E-state index is 0.261. The number of rotatable bonds is 4. The van der Waals surface area contributed by atoms with E-state index in [9.17, 15) is 0 Å². The third-order valence-electron chi connectivity index (χ3n) is 3.12. The van der Waals surface area contributed by atoms with Crippen molar-refractivity contribution in [2.24, 2.45) is 0 Å². The maximum atomic E-state index is 4.55. The fourth-order valence-electron chi connectivity index (χ4n) is 2.18. The average Bonchev–Trinajstić information content (AvgIpc) is 2.43. The van der Waals surface area contributed by atoms with Crippen molar-refractivity contribution in [1.29, 1.82) is 0 Å². The molecule has 0 aliphatic rings. The van der Waals surface area contributed by atoms with Gasteiger partial charge in [-0.1, -0.05) is 24.3 Å². The lowest BCUT2D eigenvalue weighted by molar-refractivity contribution is 0.549. The van der Waals surface area contributed by atoms with Gasteiger partial charge in [-0.25, -0.2) is 0 Å². The molecule has 1 heterocycles. The topological polar surface area (TPSA) is 24.9 Å². The Kier molecular flexibility index (Phi) is 4.33. The predicted octanol–water partition coefficient (Wildman–Crippen LogP) is 3.30. The predicted molar refractivity (Wildman–Crippen MR) is 76.2 cm³/mol. The summed E-state index contributed by atoms with van der Waals surface area (Å²) in [6.45, 7) is 1.88. The zero-order chi connectivity index (χ0) is 12.8. The number of pyridine rings is 1. The number of nitrogens with one attached hydrogen (secondary N) is 1. The number of hydrogen-bond acceptors (Lipinski definition) is 2. The van der Waals surface area contributed by atoms with Crippen LogP contribution in [0.5, 0.6) is 0 Å². The van der Waals surface area contributed by atoms with E-state index in [0.29, 0.717) is 0 Å². The number of nitrogens with zero attached hydrogens (tertiary/aromatic N) is 1. The van der Waals surface area contributed by atoms with Gasteiger partial charge in [-0.15, -0.1) is 11.8 Å². The van der Waals surface area contributed by atoms with Crippen molar-refractivity contribution >= 4 is 10.8 Å². The molecule has 0 amide bonds. The second-order valence-corrected chi connectivity index (χ2v) is 4.22. The van der Waals surface area contributed by atoms with E-state index in [0.717, 1.165) is 18.5 Å². The summed E-state index contributed by atoms with van der Waals surface area (Å²) in [6.07, 6.45) is 3.76. The minimum absolute atomic E-state index is 0.261. The summed E-state index contributed by atoms with van der Waals surface area (Å²) in [5.74, 6) is 6.05. The highest BCUT2D eigenvalue weighted by Crippen LogP contribution is 2.24. The van der Waals surface area contributed by atoms with Crippen LogP contribution in [0.3, 0.4) is 0 Å². The summed E-state index contributed by atoms with van der Waals surface area (Å²) < 4.78 is 0. The lowest BCUT2D eigenvalue weighted by Crippen LogP contribution is -2.17. The van der Waals surface area contributed by atoms with Gasteiger partial charge < -0.3 is 5.32 Å². The summed E-state index contributed by atoms with van der Waals surface area (Å²) in [5, 5.41) is 5.80. The van der Waals surface area contributed by atoms with Gasteiger partial charge in [0.15, 0.2) is 0 Å². The molecule has 0 spiro atoms. The molecular formula is C16H18N2. The van der Waals surface area contributed by atoms with Crippen molar-refractivity contribution in [3.05, 3.63) is 42.2 Å². The molecule has 1 unspecified atom stereocenters. The summed E-state index contributed by atoms with van der Waals surface area (Å²) in [4.78, 5) is 4.55. The van der Waals surface area contributed by atoms with Gasteiger partial charge in [-0.05, 0) is 31.8 Å². The van der Waals surface area contributed by atoms with Crippen LogP contribution in [-0.4, -0.2) is 12.0 Å². The minimum Gasteiger partial charge on any atom is -0.312 e. The molecule has 2 nitrogen and oxygen atoms in total. The molecule has 0 bridgehead atoms. The van der Waals surface area contributed by atoms with Crippen LogP contribution in [0.2, 0.25) is 0 Å². The third kappa shape index (κ3) is 2.69. The smallest absolute Gasteiger partial charge is 0.0651 e. The van der Waals surface area contributed by atoms with E-state index in [1.807, 2.05) is 20.2 Å². The molecule has 2 heteroatoms. The van der Waals surface area contributed by atoms with E-state index in [1.165, 1.54) is 10.8 Å². The SMILES string of the molecule is CC#CCCC(NC)c1nccc2ccccc12. The summed E-state index contributed by atoms with van der Waals surface area (Å²) in [6, 6.07) is 10.7. The quantitative estimate of drug-likeness (QED) is 0.827. The normalized spacial score (nSPS) is 11.9. The Bertz CT molecular complexity index is 573. The average molecular weight is 238 g/mol. The standard InChI is InChI=1S/C16H18N2/c1-3-4-5-10-15(17-2)16-14-9-7-6-8-13(14)11-12-18-16/h6-9,11-12,15,17H,5,10H2,1-2H3. The van der Waals surface area contributed by atoms with E-state index in [-0.39, 0.29) is 6.04 Å². The summed E-state index contributed by atoms with van der Waals surface area (Å²) >= 11 is 0. The van der Waals surface area contributed by atoms with Crippen LogP contribution >= 0.6 is 0 Å². The molecule has 0 aliphatic carbocycles. The van der Waals surface area contributed by atoms with E-state index >= 15 is 0 Å². The van der Waals surface area contributed by atoms with Gasteiger partial charge in [-0.2, -0.15) is 0 Å². The Morgan fingerprint density at radius 2 is 2.11 bits per heavy atom. The maximum Gasteiger partial charge on any atom is 0.0651 e. The molecule has 2 rings (SSSR count). The fourth-order valence-corrected chi connectivity index (χ4v) is 2.18. The van der Waals surface area contributed by atoms with Crippen LogP contribution in [0.25, 0.3) is 10.8 Å². The Hall–Kier alpha value is -1.85. The van der Waals surface area contributed by atoms with E-state index < -0.39 is 0 Å². The lowest BCUT2D eigenvalue weighted by atomic mass is 10.0. The first-order chi connectivity index (χ1) is 8.86. The molecule has 92 valence electrons. The van der Waals surface area contributed by atoms with E-state index in [4.69, 9.17) is 0 Å². The molecule has 18 heavy (non-hydrogen) atoms. The van der Waals surface area contributed by atoms with Crippen molar-refractivity contribution in [2.75, 3.05) is 7.05 Å². The molecule has 1 N–H and O–H groups in total. The van der Waals surface area contributed by atoms with Crippen molar-refractivity contribution in [3.8, 4) is 11.8 Å². The first-order valence-electron chi connectivity index (χ1n) is 6.27. The Labute approximate surface area is 108 Å². The molecule has 2 aromatic rings. The summed E-state index contributed by atoms with van der Waals surface area (Å²) in [5.41, 5.74) is 1.12. The highest BCUT2D eigenvalue weighted by atomic mass is 14.9. The molecule has 0 aliphatic heterocycles. The third-order valence-corrected chi connectivity index (χ3v) is 3.12. The maximum absolute atomic E-state index is 4.55. The van der Waals surface area contributed by atoms with Crippen molar-refractivity contribution in [1.82, 2.24) is 10.3 Å². The molecule has 1 aromatic carbocycles. The highest BCUT2D eigenvalue weighted by Gasteiger charge is 2.12. The van der Waals surface area contributed by atoms with Gasteiger partial charge in [-0.3, -0.25) is 4.98 Å². The molecule has 0 saturated heterocycles. The first-order valence-corrected chi connectivity index (χ1v) is 6.27. The molecular weight excluding hydrogens is 220 g/mol. The van der Waals surface area contributed by atoms with Gasteiger partial charge in [0.25, 0.3) is 0 Å². The van der Waals surface area contributed by atoms with Crippen molar-refractivity contribution in [2.45, 2.75) is 25.8 Å². The van der Waals surface area contributed by atoms with Gasteiger partial charge in [0.1, 0.15) is 0 Å². The number of hydrogen-bond donors (Lipinski definition) is 1. The number of benzene rings is 1. The molecule has 1 atom stereocenters. The van der Waals surface area contributed by atoms with Crippen LogP contribution in [-0.2, 0) is 0 Å². The fraction of sp³-hybridized carbons (Fsp3) is 0.312. The van der Waals surface area contributed by atoms with Gasteiger partial charge in [0.2, 0.25) is 0 Å². The molecule has 0 saturated carbocycles. The van der Waals surface area contributed by atoms with Crippen LogP contribution in [0.1, 0.15) is 31.5 Å². The van der Waals surface area contributed by atoms with E-state index in [2.05, 4.69) is 52.5 Å². The van der Waals surface area contributed by atoms with Crippen LogP contribution in [0, 0.1) is 11.8 Å². The zero-order valence-electron chi connectivity index (χ0n) is 10.9. The summed E-state index contributed by atoms with van der Waals surface area (Å²) in [7, 11) is 1.98. The molecule has 0 radical (unpaired) electrons.